The molecule has 0 atom stereocenters. The van der Waals surface area contributed by atoms with Crippen LogP contribution in [-0.2, 0) is 15.3 Å². The van der Waals surface area contributed by atoms with Gasteiger partial charge in [-0.1, -0.05) is 0 Å². The predicted octanol–water partition coefficient (Wildman–Crippen LogP) is 3.20. The van der Waals surface area contributed by atoms with Gasteiger partial charge in [-0.25, -0.2) is 14.5 Å². The molecule has 0 amide bonds. The number of rotatable bonds is 7. The van der Waals surface area contributed by atoms with Gasteiger partial charge in [0.05, 0.1) is 40.8 Å². The van der Waals surface area contributed by atoms with Gasteiger partial charge in [0, 0.05) is 12.7 Å². The van der Waals surface area contributed by atoms with Crippen molar-refractivity contribution in [2.45, 2.75) is 12.6 Å². The van der Waals surface area contributed by atoms with Gasteiger partial charge in [-0.2, -0.15) is 18.3 Å². The first-order valence-corrected chi connectivity index (χ1v) is 10.5. The maximum Gasteiger partial charge on any atom is 0.469 e. The highest BCUT2D eigenvalue weighted by Crippen LogP contribution is 2.36. The number of nitrogens with zero attached hydrogens (tertiary/aromatic N) is 4. The Labute approximate surface area is 172 Å². The van der Waals surface area contributed by atoms with E-state index in [0.717, 1.165) is 12.1 Å². The number of anilines is 1. The molecule has 31 heavy (non-hydrogen) atoms. The van der Waals surface area contributed by atoms with Crippen molar-refractivity contribution in [1.29, 1.82) is 0 Å². The number of hydrogen-bond donors (Lipinski definition) is 4. The predicted molar refractivity (Wildman–Crippen MR) is 104 cm³/mol. The Morgan fingerprint density at radius 1 is 1.26 bits per heavy atom. The number of nitrogens with one attached hydrogen (secondary N) is 2. The van der Waals surface area contributed by atoms with Crippen LogP contribution in [0.4, 0.5) is 19.0 Å². The van der Waals surface area contributed by atoms with E-state index >= 15 is 0 Å². The highest BCUT2D eigenvalue weighted by molar-refractivity contribution is 7.46. The van der Waals surface area contributed by atoms with Gasteiger partial charge >= 0.3 is 14.0 Å². The number of halogens is 3. The van der Waals surface area contributed by atoms with Crippen molar-refractivity contribution < 1.29 is 32.0 Å². The van der Waals surface area contributed by atoms with Gasteiger partial charge in [0.2, 0.25) is 0 Å². The molecule has 164 valence electrons. The summed E-state index contributed by atoms with van der Waals surface area (Å²) in [6.45, 7) is -0.0212. The largest absolute Gasteiger partial charge is 0.469 e. The van der Waals surface area contributed by atoms with Crippen molar-refractivity contribution in [3.8, 4) is 11.4 Å². The van der Waals surface area contributed by atoms with E-state index in [0.29, 0.717) is 22.6 Å². The van der Waals surface area contributed by atoms with Crippen LogP contribution in [0, 0.1) is 0 Å². The number of aromatic nitrogens is 5. The second-order valence-corrected chi connectivity index (χ2v) is 7.78. The van der Waals surface area contributed by atoms with Crippen LogP contribution in [0.1, 0.15) is 12.0 Å². The lowest BCUT2D eigenvalue weighted by atomic mass is 10.2. The van der Waals surface area contributed by atoms with Crippen molar-refractivity contribution >= 4 is 30.3 Å². The lowest BCUT2D eigenvalue weighted by molar-refractivity contribution is -0.137. The fourth-order valence-electron chi connectivity index (χ4n) is 3.08. The van der Waals surface area contributed by atoms with E-state index < -0.39 is 19.6 Å². The molecular formula is C17H16F3N6O4P. The summed E-state index contributed by atoms with van der Waals surface area (Å²) >= 11 is 0. The Kier molecular flexibility index (Phi) is 5.43. The summed E-state index contributed by atoms with van der Waals surface area (Å²) in [4.78, 5) is 26.1. The van der Waals surface area contributed by atoms with Crippen LogP contribution in [0.5, 0.6) is 0 Å². The second-order valence-electron chi connectivity index (χ2n) is 6.54. The lowest BCUT2D eigenvalue weighted by Gasteiger charge is -2.13. The van der Waals surface area contributed by atoms with E-state index in [2.05, 4.69) is 30.0 Å². The summed E-state index contributed by atoms with van der Waals surface area (Å²) in [5.41, 5.74) is 1.23. The molecule has 3 heterocycles. The molecule has 0 radical (unpaired) electrons. The van der Waals surface area contributed by atoms with E-state index in [1.807, 2.05) is 0 Å². The molecule has 4 N–H and O–H groups in total. The van der Waals surface area contributed by atoms with Crippen LogP contribution in [0.15, 0.2) is 36.7 Å². The first-order chi connectivity index (χ1) is 14.6. The van der Waals surface area contributed by atoms with Crippen LogP contribution < -0.4 is 5.32 Å². The second kappa shape index (κ2) is 7.93. The SMILES string of the molecule is O=P(O)(O)OCCCNc1nc2cc(C(F)(F)F)ccc2n2c(-c3ccn[nH]3)cnc12. The molecule has 0 aliphatic rings. The first-order valence-electron chi connectivity index (χ1n) is 8.95. The van der Waals surface area contributed by atoms with Gasteiger partial charge in [-0.15, -0.1) is 0 Å². The number of benzene rings is 1. The molecule has 14 heteroatoms. The van der Waals surface area contributed by atoms with Gasteiger partial charge in [0.25, 0.3) is 0 Å². The fraction of sp³-hybridized carbons (Fsp3) is 0.235. The number of hydrogen-bond acceptors (Lipinski definition) is 6. The van der Waals surface area contributed by atoms with Gasteiger partial charge in [-0.05, 0) is 30.7 Å². The zero-order chi connectivity index (χ0) is 22.2. The topological polar surface area (TPSA) is 138 Å². The van der Waals surface area contributed by atoms with Crippen LogP contribution in [0.3, 0.4) is 0 Å². The first kappa shape index (κ1) is 21.2. The monoisotopic (exact) mass is 456 g/mol. The standard InChI is InChI=1S/C17H16F3N6O4P/c18-17(19,20)10-2-3-13-12(8-10)24-15(21-5-1-7-30-31(27,28)29)16-22-9-14(26(13)16)11-4-6-23-25-11/h2-4,6,8-9H,1,5,7H2,(H,21,24)(H,23,25)(H2,27,28,29). The van der Waals surface area contributed by atoms with E-state index in [-0.39, 0.29) is 30.9 Å². The summed E-state index contributed by atoms with van der Waals surface area (Å²) in [6.07, 6.45) is -1.23. The third-order valence-corrected chi connectivity index (χ3v) is 4.92. The van der Waals surface area contributed by atoms with Crippen molar-refractivity contribution in [3.63, 3.8) is 0 Å². The van der Waals surface area contributed by atoms with E-state index in [1.54, 1.807) is 22.9 Å². The van der Waals surface area contributed by atoms with Crippen molar-refractivity contribution in [2.75, 3.05) is 18.5 Å². The molecule has 0 unspecified atom stereocenters. The molecule has 0 bridgehead atoms. The van der Waals surface area contributed by atoms with Gasteiger partial charge in [0.1, 0.15) is 0 Å². The quantitative estimate of drug-likeness (QED) is 0.246. The Bertz CT molecular complexity index is 1270. The van der Waals surface area contributed by atoms with E-state index in [9.17, 15) is 17.7 Å². The number of fused-ring (bicyclic) bond motifs is 3. The molecule has 4 aromatic rings. The fourth-order valence-corrected chi connectivity index (χ4v) is 3.45. The molecule has 4 rings (SSSR count). The van der Waals surface area contributed by atoms with Crippen molar-refractivity contribution in [3.05, 3.63) is 42.2 Å². The lowest BCUT2D eigenvalue weighted by Crippen LogP contribution is -2.10. The molecule has 0 aliphatic heterocycles. The molecule has 0 fully saturated rings. The summed E-state index contributed by atoms with van der Waals surface area (Å²) < 4.78 is 56.4. The minimum absolute atomic E-state index is 0.0926. The normalized spacial score (nSPS) is 12.7. The molecular weight excluding hydrogens is 440 g/mol. The number of imidazole rings is 1. The molecule has 10 nitrogen and oxygen atoms in total. The number of phosphoric ester groups is 1. The highest BCUT2D eigenvalue weighted by Gasteiger charge is 2.31. The van der Waals surface area contributed by atoms with Gasteiger partial charge in [-0.3, -0.25) is 14.0 Å². The zero-order valence-electron chi connectivity index (χ0n) is 15.7. The number of phosphoric acid groups is 1. The molecule has 0 aliphatic carbocycles. The molecule has 1 aromatic carbocycles. The Balaban J connectivity index is 1.76. The van der Waals surface area contributed by atoms with Gasteiger partial charge < -0.3 is 15.1 Å². The van der Waals surface area contributed by atoms with E-state index in [1.165, 1.54) is 6.07 Å². The molecule has 3 aromatic heterocycles. The summed E-state index contributed by atoms with van der Waals surface area (Å²) in [7, 11) is -4.57. The van der Waals surface area contributed by atoms with Gasteiger partial charge in [0.15, 0.2) is 11.5 Å². The molecule has 0 saturated carbocycles. The van der Waals surface area contributed by atoms with Crippen molar-refractivity contribution in [1.82, 2.24) is 24.6 Å². The van der Waals surface area contributed by atoms with E-state index in [4.69, 9.17) is 9.79 Å². The highest BCUT2D eigenvalue weighted by atomic mass is 31.2. The summed E-state index contributed by atoms with van der Waals surface area (Å²) in [6, 6.07) is 4.96. The third kappa shape index (κ3) is 4.54. The van der Waals surface area contributed by atoms with Crippen LogP contribution in [0.2, 0.25) is 0 Å². The minimum Gasteiger partial charge on any atom is -0.367 e. The van der Waals surface area contributed by atoms with Crippen LogP contribution >= 0.6 is 7.82 Å². The minimum atomic E-state index is -4.57. The van der Waals surface area contributed by atoms with Crippen LogP contribution in [0.25, 0.3) is 28.1 Å². The zero-order valence-corrected chi connectivity index (χ0v) is 16.6. The number of alkyl halides is 3. The summed E-state index contributed by atoms with van der Waals surface area (Å²) in [5, 5.41) is 9.65. The number of aromatic amines is 1. The Morgan fingerprint density at radius 2 is 2.06 bits per heavy atom. The third-order valence-electron chi connectivity index (χ3n) is 4.40. The number of H-pyrrole nitrogens is 1. The smallest absolute Gasteiger partial charge is 0.367 e. The molecule has 0 spiro atoms. The van der Waals surface area contributed by atoms with Crippen molar-refractivity contribution in [2.24, 2.45) is 0 Å². The molecule has 0 saturated heterocycles. The maximum atomic E-state index is 13.2. The summed E-state index contributed by atoms with van der Waals surface area (Å²) in [5.74, 6) is 0.216. The Hall–Kier alpha value is -2.99. The maximum absolute atomic E-state index is 13.2. The van der Waals surface area contributed by atoms with Crippen LogP contribution in [-0.4, -0.2) is 47.5 Å². The average Bonchev–Trinajstić information content (AvgIpc) is 3.35. The Morgan fingerprint density at radius 3 is 2.74 bits per heavy atom. The average molecular weight is 456 g/mol.